The Hall–Kier alpha value is -12.6. The zero-order valence-corrected chi connectivity index (χ0v) is 66.0. The number of hydrogen-bond acceptors (Lipinski definition) is 18. The maximum absolute atomic E-state index is 15.4. The molecule has 0 spiro atoms. The van der Waals surface area contributed by atoms with E-state index in [9.17, 15) is 0 Å². The van der Waals surface area contributed by atoms with Crippen molar-refractivity contribution in [2.45, 2.75) is 227 Å². The van der Waals surface area contributed by atoms with Gasteiger partial charge in [0.25, 0.3) is 70.9 Å². The first-order chi connectivity index (χ1) is 58.5. The van der Waals surface area contributed by atoms with Crippen LogP contribution in [0.25, 0.3) is 32.3 Å². The Labute approximate surface area is 689 Å². The summed E-state index contributed by atoms with van der Waals surface area (Å²) in [6.45, 7) is 0. The predicted molar refractivity (Wildman–Crippen MR) is 450 cm³/mol. The highest BCUT2D eigenvalue weighted by Crippen LogP contribution is 2.48. The topological polar surface area (TPSA) is 298 Å². The van der Waals surface area contributed by atoms with Gasteiger partial charge in [0, 0.05) is 136 Å². The van der Waals surface area contributed by atoms with Crippen LogP contribution in [0.3, 0.4) is 0 Å². The summed E-state index contributed by atoms with van der Waals surface area (Å²) in [6.07, 6.45) is 25.0. The van der Waals surface area contributed by atoms with Crippen LogP contribution in [0, 0.1) is 0 Å². The van der Waals surface area contributed by atoms with E-state index in [0.29, 0.717) is 149 Å². The van der Waals surface area contributed by atoms with Crippen LogP contribution in [-0.2, 0) is 0 Å². The van der Waals surface area contributed by atoms with Crippen LogP contribution >= 0.6 is 0 Å². The molecule has 12 amide bonds. The van der Waals surface area contributed by atoms with Gasteiger partial charge in [0.15, 0.2) is 0 Å². The maximum atomic E-state index is 15.4. The molecule has 0 unspecified atom stereocenters. The van der Waals surface area contributed by atoms with Crippen molar-refractivity contribution in [1.82, 2.24) is 29.4 Å². The Balaban J connectivity index is 0.725. The summed E-state index contributed by atoms with van der Waals surface area (Å²) in [6, 6.07) is 23.0. The van der Waals surface area contributed by atoms with E-state index in [1.165, 1.54) is 29.4 Å². The molecular formula is C96H84N12O12. The average Bonchev–Trinajstić information content (AvgIpc) is 0.714. The standard InChI is InChI=1S/C96H84N12O12/c109-85-55-25-27-57-80-58-28-26-56(79(55)80)86(110)103(85)73-19-7-1-13-67(73)97-43-49-37-50-39-51(38-49)45-99-69-15-3-9-21-75(69)106-91(115)61-31-35-65-84-66(36-32-62(82(61)84)92(106)116)96(120)108(95(65)119)78-24-12-6-18-72(78)102-48-54-41-52(46-100-70-16-4-10-22-76(70)104(87(57)111)88(58)112)40-53(42-54)47-101-71-17-5-11-23-77(71)107-93(117)63-33-29-59-81-60(30-34-64(83(63)81)94(107)118)90(114)105(89(59)113)74-20-8-2-14-68(74)98-44-50/h25-48,67-78H,1-24H2/t67-,68-,69-,70-,71-,72-,73-,74-,75-,76-,77-,78-/m0/s1. The van der Waals surface area contributed by atoms with E-state index in [1.807, 2.05) is 36.4 Å². The van der Waals surface area contributed by atoms with Crippen LogP contribution in [-0.4, -0.2) is 210 Å². The van der Waals surface area contributed by atoms with E-state index in [0.717, 1.165) is 38.5 Å². The molecule has 8 aromatic carbocycles. The van der Waals surface area contributed by atoms with Crippen molar-refractivity contribution < 1.29 is 57.5 Å². The van der Waals surface area contributed by atoms with E-state index in [2.05, 4.69) is 0 Å². The summed E-state index contributed by atoms with van der Waals surface area (Å²) in [4.78, 5) is 225. The quantitative estimate of drug-likeness (QED) is 0.128. The Morgan fingerprint density at radius 2 is 0.292 bits per heavy atom. The lowest BCUT2D eigenvalue weighted by Gasteiger charge is -2.41. The number of rotatable bonds is 0. The van der Waals surface area contributed by atoms with Crippen molar-refractivity contribution in [3.8, 4) is 0 Å². The van der Waals surface area contributed by atoms with Crippen LogP contribution in [0.5, 0.6) is 0 Å². The number of nitrogens with zero attached hydrogens (tertiary/aromatic N) is 12. The fourth-order valence-corrected chi connectivity index (χ4v) is 22.9. The largest absolute Gasteiger partial charge is 0.287 e. The molecule has 0 saturated heterocycles. The Morgan fingerprint density at radius 3 is 0.417 bits per heavy atom. The number of imide groups is 6. The molecule has 120 heavy (non-hydrogen) atoms. The molecule has 0 radical (unpaired) electrons. The van der Waals surface area contributed by atoms with Gasteiger partial charge in [0.1, 0.15) is 0 Å². The first-order valence-electron chi connectivity index (χ1n) is 43.1. The van der Waals surface area contributed by atoms with Gasteiger partial charge in [-0.15, -0.1) is 0 Å². The van der Waals surface area contributed by atoms with Gasteiger partial charge in [-0.3, -0.25) is 117 Å². The molecular weight excluding hydrogens is 1510 g/mol. The van der Waals surface area contributed by atoms with Crippen LogP contribution in [0.4, 0.5) is 0 Å². The molecule has 6 saturated carbocycles. The third-order valence-corrected chi connectivity index (χ3v) is 28.5. The normalized spacial score (nSPS) is 27.6. The molecule has 0 aromatic heterocycles. The van der Waals surface area contributed by atoms with Crippen molar-refractivity contribution in [3.63, 3.8) is 0 Å². The smallest absolute Gasteiger partial charge is 0.261 e. The molecule has 40 heterocycles. The molecule has 30 bridgehead atoms. The fraction of sp³-hybridized carbons (Fsp3) is 0.375. The fourth-order valence-electron chi connectivity index (χ4n) is 22.9. The summed E-state index contributed by atoms with van der Waals surface area (Å²) < 4.78 is 0. The van der Waals surface area contributed by atoms with Gasteiger partial charge < -0.3 is 0 Å². The predicted octanol–water partition coefficient (Wildman–Crippen LogP) is 13.9. The molecule has 40 aliphatic heterocycles. The van der Waals surface area contributed by atoms with Crippen molar-refractivity contribution in [1.29, 1.82) is 0 Å². The number of benzene rings is 8. The van der Waals surface area contributed by atoms with Crippen LogP contribution in [0.2, 0.25) is 0 Å². The summed E-state index contributed by atoms with van der Waals surface area (Å²) in [7, 11) is 0. The number of amides is 12. The molecule has 24 heteroatoms. The second-order valence-electron chi connectivity index (χ2n) is 35.1. The van der Waals surface area contributed by atoms with Gasteiger partial charge in [-0.25, -0.2) is 0 Å². The summed E-state index contributed by atoms with van der Waals surface area (Å²) >= 11 is 0. The zero-order chi connectivity index (χ0) is 81.4. The second-order valence-corrected chi connectivity index (χ2v) is 35.1. The van der Waals surface area contributed by atoms with Crippen molar-refractivity contribution in [3.05, 3.63) is 209 Å². The highest BCUT2D eigenvalue weighted by atomic mass is 16.2. The highest BCUT2D eigenvalue weighted by molar-refractivity contribution is 6.37. The maximum Gasteiger partial charge on any atom is 0.261 e. The van der Waals surface area contributed by atoms with Crippen LogP contribution < -0.4 is 0 Å². The van der Waals surface area contributed by atoms with Gasteiger partial charge >= 0.3 is 0 Å². The minimum Gasteiger partial charge on any atom is -0.287 e. The Morgan fingerprint density at radius 1 is 0.175 bits per heavy atom. The minimum absolute atomic E-state index is 0.200. The second kappa shape index (κ2) is 28.6. The number of hydrogen-bond donors (Lipinski definition) is 0. The third-order valence-electron chi connectivity index (χ3n) is 28.5. The molecule has 6 fully saturated rings. The first kappa shape index (κ1) is 73.7. The third kappa shape index (κ3) is 11.4. The molecule has 8 aromatic rings. The molecule has 24 nitrogen and oxygen atoms in total. The van der Waals surface area contributed by atoms with Crippen molar-refractivity contribution in [2.75, 3.05) is 0 Å². The molecule has 12 atom stereocenters. The number of carbonyl (C=O) groups excluding carboxylic acids is 12. The molecule has 54 rings (SSSR count). The summed E-state index contributed by atoms with van der Waals surface area (Å²) in [5.74, 6) is -6.58. The molecule has 6 aliphatic carbocycles. The van der Waals surface area contributed by atoms with E-state index in [-0.39, 0.29) is 99.1 Å². The van der Waals surface area contributed by atoms with Crippen LogP contribution in [0.15, 0.2) is 139 Å². The SMILES string of the molecule is O=C1c2ccc3c4c5ccc(c24)C(=O)N1[C@H]1CCCC[C@@H]1N=Cc1cc2cc(c1)C=N[C@H]1CCCC[C@@H]1N1C(=O)c4ccc6c7c(ccc(c47)C1=O)C(=O)N(C6=O)[C@H]1CCCC[C@@H]1N=Cc1cc(cc(c1)C=N[C@H]1CCCC[C@@H]1N1C(=O)c4ccc6c7c(ccc(c47)C1=O)C(=O)N(C6=O)[C@H]1CCCC[C@@H]1N=C2)C=N[C@H]1CCCC[C@@H]1N(C3=O)C5=O. The van der Waals surface area contributed by atoms with Crippen LogP contribution in [0.1, 0.15) is 312 Å². The van der Waals surface area contributed by atoms with E-state index >= 15 is 57.5 Å². The monoisotopic (exact) mass is 1600 g/mol. The molecule has 0 N–H and O–H groups in total. The zero-order valence-electron chi connectivity index (χ0n) is 66.0. The number of carbonyl (C=O) groups is 12. The van der Waals surface area contributed by atoms with E-state index in [1.54, 1.807) is 110 Å². The van der Waals surface area contributed by atoms with E-state index < -0.39 is 143 Å². The highest BCUT2D eigenvalue weighted by Gasteiger charge is 2.52. The van der Waals surface area contributed by atoms with Crippen molar-refractivity contribution >= 4 is 140 Å². The van der Waals surface area contributed by atoms with Gasteiger partial charge in [-0.1, -0.05) is 77.0 Å². The van der Waals surface area contributed by atoms with Crippen molar-refractivity contribution in [2.24, 2.45) is 30.0 Å². The summed E-state index contributed by atoms with van der Waals surface area (Å²) in [5.41, 5.74) is 6.02. The lowest BCUT2D eigenvalue weighted by molar-refractivity contribution is 0.0460. The summed E-state index contributed by atoms with van der Waals surface area (Å²) in [5, 5.41) is 1.56. The molecule has 600 valence electrons. The van der Waals surface area contributed by atoms with E-state index in [4.69, 9.17) is 30.0 Å². The Bertz CT molecular complexity index is 5060. The molecule has 46 aliphatic rings. The average molecular weight is 1600 g/mol. The van der Waals surface area contributed by atoms with Gasteiger partial charge in [-0.05, 0) is 220 Å². The first-order valence-corrected chi connectivity index (χ1v) is 43.1. The van der Waals surface area contributed by atoms with Gasteiger partial charge in [0.05, 0.1) is 72.5 Å². The van der Waals surface area contributed by atoms with Gasteiger partial charge in [-0.2, -0.15) is 0 Å². The lowest BCUT2D eigenvalue weighted by Crippen LogP contribution is -2.54. The van der Waals surface area contributed by atoms with Gasteiger partial charge in [0.2, 0.25) is 0 Å². The number of aliphatic imine (C=N–C) groups is 6. The lowest BCUT2D eigenvalue weighted by atomic mass is 9.82. The minimum atomic E-state index is -0.698. The Kier molecular flexibility index (Phi) is 17.6.